The standard InChI is InChI=1S/C13H10F3NO6/c1-2-22-11(18)9-6-7-5-8(17(20)21)3-4-10(7)23-12(9,19)13(14,15)16/h3-6,19H,2H2,1H3. The minimum Gasteiger partial charge on any atom is -0.462 e. The normalized spacial score (nSPS) is 20.1. The SMILES string of the molecule is CCOC(=O)C1=Cc2cc([N+](=O)[O-])ccc2OC1(O)C(F)(F)F. The molecular weight excluding hydrogens is 323 g/mol. The lowest BCUT2D eigenvalue weighted by Crippen LogP contribution is -2.55. The number of nitro groups is 1. The van der Waals surface area contributed by atoms with E-state index in [1.807, 2.05) is 0 Å². The molecule has 0 amide bonds. The van der Waals surface area contributed by atoms with Crippen molar-refractivity contribution in [1.29, 1.82) is 0 Å². The Hall–Kier alpha value is -2.62. The van der Waals surface area contributed by atoms with Gasteiger partial charge in [0.2, 0.25) is 0 Å². The minimum atomic E-state index is -5.33. The number of esters is 1. The van der Waals surface area contributed by atoms with Gasteiger partial charge in [0.15, 0.2) is 0 Å². The van der Waals surface area contributed by atoms with Crippen LogP contribution in [-0.4, -0.2) is 34.6 Å². The number of carbonyl (C=O) groups is 1. The molecule has 1 aliphatic rings. The van der Waals surface area contributed by atoms with E-state index in [0.717, 1.165) is 18.2 Å². The highest BCUT2D eigenvalue weighted by molar-refractivity contribution is 5.97. The fraction of sp³-hybridized carbons (Fsp3) is 0.308. The van der Waals surface area contributed by atoms with E-state index in [9.17, 15) is 33.2 Å². The van der Waals surface area contributed by atoms with E-state index >= 15 is 0 Å². The van der Waals surface area contributed by atoms with Crippen LogP contribution in [0.15, 0.2) is 23.8 Å². The maximum Gasteiger partial charge on any atom is 0.460 e. The molecule has 2 rings (SSSR count). The van der Waals surface area contributed by atoms with Crippen LogP contribution in [0.3, 0.4) is 0 Å². The number of carbonyl (C=O) groups excluding carboxylic acids is 1. The maximum absolute atomic E-state index is 13.1. The van der Waals surface area contributed by atoms with Gasteiger partial charge in [-0.25, -0.2) is 4.79 Å². The number of ether oxygens (including phenoxy) is 2. The van der Waals surface area contributed by atoms with Crippen LogP contribution in [0.25, 0.3) is 6.08 Å². The van der Waals surface area contributed by atoms with E-state index in [-0.39, 0.29) is 12.2 Å². The molecule has 0 saturated heterocycles. The topological polar surface area (TPSA) is 98.9 Å². The van der Waals surface area contributed by atoms with Crippen LogP contribution in [0, 0.1) is 10.1 Å². The average molecular weight is 333 g/mol. The number of nitro benzene ring substituents is 1. The Morgan fingerprint density at radius 1 is 1.48 bits per heavy atom. The summed E-state index contributed by atoms with van der Waals surface area (Å²) in [5, 5.41) is 20.6. The van der Waals surface area contributed by atoms with Crippen molar-refractivity contribution in [3.05, 3.63) is 39.4 Å². The predicted octanol–water partition coefficient (Wildman–Crippen LogP) is 2.18. The van der Waals surface area contributed by atoms with Crippen molar-refractivity contribution in [3.8, 4) is 5.75 Å². The molecule has 0 bridgehead atoms. The number of aliphatic hydroxyl groups is 1. The Bertz CT molecular complexity index is 699. The molecule has 1 unspecified atom stereocenters. The second-order valence-electron chi connectivity index (χ2n) is 4.50. The lowest BCUT2D eigenvalue weighted by atomic mass is 9.97. The lowest BCUT2D eigenvalue weighted by molar-refractivity contribution is -0.385. The van der Waals surface area contributed by atoms with Crippen molar-refractivity contribution in [2.75, 3.05) is 6.61 Å². The first kappa shape index (κ1) is 16.7. The van der Waals surface area contributed by atoms with Gasteiger partial charge in [-0.2, -0.15) is 13.2 Å². The third kappa shape index (κ3) is 2.84. The summed E-state index contributed by atoms with van der Waals surface area (Å²) in [6, 6.07) is 2.74. The Balaban J connectivity index is 2.62. The zero-order chi connectivity index (χ0) is 17.4. The summed E-state index contributed by atoms with van der Waals surface area (Å²) in [4.78, 5) is 21.7. The summed E-state index contributed by atoms with van der Waals surface area (Å²) >= 11 is 0. The average Bonchev–Trinajstić information content (AvgIpc) is 2.44. The lowest BCUT2D eigenvalue weighted by Gasteiger charge is -2.34. The molecule has 1 atom stereocenters. The van der Waals surface area contributed by atoms with Gasteiger partial charge in [0.1, 0.15) is 11.3 Å². The van der Waals surface area contributed by atoms with E-state index in [4.69, 9.17) is 0 Å². The van der Waals surface area contributed by atoms with Gasteiger partial charge in [-0.3, -0.25) is 10.1 Å². The third-order valence-corrected chi connectivity index (χ3v) is 3.01. The summed E-state index contributed by atoms with van der Waals surface area (Å²) in [5.74, 6) is -5.80. The van der Waals surface area contributed by atoms with Crippen molar-refractivity contribution in [3.63, 3.8) is 0 Å². The molecule has 1 N–H and O–H groups in total. The molecule has 7 nitrogen and oxygen atoms in total. The van der Waals surface area contributed by atoms with E-state index in [2.05, 4.69) is 9.47 Å². The van der Waals surface area contributed by atoms with E-state index in [1.54, 1.807) is 0 Å². The first-order valence-electron chi connectivity index (χ1n) is 6.26. The molecule has 10 heteroatoms. The van der Waals surface area contributed by atoms with Crippen molar-refractivity contribution in [1.82, 2.24) is 0 Å². The molecule has 1 aromatic carbocycles. The highest BCUT2D eigenvalue weighted by atomic mass is 19.4. The van der Waals surface area contributed by atoms with Crippen LogP contribution in [-0.2, 0) is 9.53 Å². The highest BCUT2D eigenvalue weighted by Crippen LogP contribution is 2.44. The van der Waals surface area contributed by atoms with Gasteiger partial charge in [0.05, 0.1) is 11.5 Å². The fourth-order valence-electron chi connectivity index (χ4n) is 1.94. The number of nitrogens with zero attached hydrogens (tertiary/aromatic N) is 1. The fourth-order valence-corrected chi connectivity index (χ4v) is 1.94. The number of hydrogen-bond donors (Lipinski definition) is 1. The Labute approximate surface area is 127 Å². The van der Waals surface area contributed by atoms with Gasteiger partial charge >= 0.3 is 17.9 Å². The summed E-state index contributed by atoms with van der Waals surface area (Å²) in [6.45, 7) is 1.14. The third-order valence-electron chi connectivity index (χ3n) is 3.01. The maximum atomic E-state index is 13.1. The van der Waals surface area contributed by atoms with Crippen LogP contribution >= 0.6 is 0 Å². The first-order valence-corrected chi connectivity index (χ1v) is 6.26. The van der Waals surface area contributed by atoms with Crippen LogP contribution in [0.4, 0.5) is 18.9 Å². The van der Waals surface area contributed by atoms with Crippen LogP contribution in [0.2, 0.25) is 0 Å². The van der Waals surface area contributed by atoms with Crippen LogP contribution < -0.4 is 4.74 Å². The number of fused-ring (bicyclic) bond motifs is 1. The van der Waals surface area contributed by atoms with E-state index in [1.165, 1.54) is 6.92 Å². The number of rotatable bonds is 3. The molecule has 0 saturated carbocycles. The van der Waals surface area contributed by atoms with Crippen molar-refractivity contribution >= 4 is 17.7 Å². The first-order chi connectivity index (χ1) is 10.6. The van der Waals surface area contributed by atoms with Gasteiger partial charge in [0, 0.05) is 17.7 Å². The molecule has 0 aliphatic carbocycles. The molecular formula is C13H10F3NO6. The van der Waals surface area contributed by atoms with E-state index in [0.29, 0.717) is 6.08 Å². The van der Waals surface area contributed by atoms with Gasteiger partial charge in [-0.1, -0.05) is 0 Å². The Kier molecular flexibility index (Phi) is 4.03. The number of non-ortho nitro benzene ring substituents is 1. The van der Waals surface area contributed by atoms with Crippen molar-refractivity contribution in [2.24, 2.45) is 0 Å². The number of hydrogen-bond acceptors (Lipinski definition) is 6. The van der Waals surface area contributed by atoms with Gasteiger partial charge in [-0.05, 0) is 19.1 Å². The smallest absolute Gasteiger partial charge is 0.460 e. The summed E-state index contributed by atoms with van der Waals surface area (Å²) in [7, 11) is 0. The quantitative estimate of drug-likeness (QED) is 0.517. The monoisotopic (exact) mass is 333 g/mol. The predicted molar refractivity (Wildman–Crippen MR) is 69.3 cm³/mol. The summed E-state index contributed by atoms with van der Waals surface area (Å²) in [5.41, 5.74) is -1.78. The molecule has 124 valence electrons. The van der Waals surface area contributed by atoms with E-state index < -0.39 is 39.9 Å². The zero-order valence-corrected chi connectivity index (χ0v) is 11.6. The van der Waals surface area contributed by atoms with Gasteiger partial charge in [-0.15, -0.1) is 0 Å². The van der Waals surface area contributed by atoms with Crippen LogP contribution in [0.1, 0.15) is 12.5 Å². The zero-order valence-electron chi connectivity index (χ0n) is 11.6. The molecule has 0 radical (unpaired) electrons. The second-order valence-corrected chi connectivity index (χ2v) is 4.50. The van der Waals surface area contributed by atoms with Gasteiger partial charge < -0.3 is 14.6 Å². The van der Waals surface area contributed by atoms with Crippen LogP contribution in [0.5, 0.6) is 5.75 Å². The second kappa shape index (κ2) is 5.54. The Morgan fingerprint density at radius 3 is 2.65 bits per heavy atom. The van der Waals surface area contributed by atoms with Crippen molar-refractivity contribution in [2.45, 2.75) is 18.9 Å². The number of benzene rings is 1. The molecule has 1 heterocycles. The molecule has 0 spiro atoms. The van der Waals surface area contributed by atoms with Gasteiger partial charge in [0.25, 0.3) is 5.69 Å². The largest absolute Gasteiger partial charge is 0.462 e. The summed E-state index contributed by atoms with van der Waals surface area (Å²) in [6.07, 6.45) is -4.66. The molecule has 0 fully saturated rings. The summed E-state index contributed by atoms with van der Waals surface area (Å²) < 4.78 is 48.5. The van der Waals surface area contributed by atoms with Crippen molar-refractivity contribution < 1.29 is 37.5 Å². The highest BCUT2D eigenvalue weighted by Gasteiger charge is 2.63. The molecule has 0 aromatic heterocycles. The Morgan fingerprint density at radius 2 is 2.13 bits per heavy atom. The number of halogens is 3. The molecule has 1 aromatic rings. The molecule has 23 heavy (non-hydrogen) atoms. The number of alkyl halides is 3. The molecule has 1 aliphatic heterocycles. The minimum absolute atomic E-state index is 0.156.